The summed E-state index contributed by atoms with van der Waals surface area (Å²) >= 11 is 0. The van der Waals surface area contributed by atoms with Crippen molar-refractivity contribution >= 4 is 29.9 Å². The van der Waals surface area contributed by atoms with E-state index in [4.69, 9.17) is 9.73 Å². The Bertz CT molecular complexity index is 728. The van der Waals surface area contributed by atoms with Crippen LogP contribution in [0.15, 0.2) is 23.7 Å². The van der Waals surface area contributed by atoms with Gasteiger partial charge in [-0.3, -0.25) is 9.67 Å². The Morgan fingerprint density at radius 2 is 2.26 bits per heavy atom. The van der Waals surface area contributed by atoms with Crippen molar-refractivity contribution in [2.45, 2.75) is 32.9 Å². The molecule has 0 radical (unpaired) electrons. The lowest BCUT2D eigenvalue weighted by Gasteiger charge is -2.34. The van der Waals surface area contributed by atoms with Gasteiger partial charge in [-0.05, 0) is 6.92 Å². The highest BCUT2D eigenvalue weighted by molar-refractivity contribution is 14.0. The fourth-order valence-corrected chi connectivity index (χ4v) is 3.08. The standard InChI is InChI=1S/C17H28N8O.HI/c1-4-16-22-20-13-25(16)7-6-19-17(18-5-2)24-8-9-26-15(12-24)14-10-21-23(3)11-14;/h10-11,13,15H,4-9,12H2,1-3H3,(H,18,19);1H. The number of rotatable bonds is 6. The average Bonchev–Trinajstić information content (AvgIpc) is 3.29. The first kappa shape index (κ1) is 21.6. The normalized spacial score (nSPS) is 17.7. The van der Waals surface area contributed by atoms with Gasteiger partial charge in [0.15, 0.2) is 5.96 Å². The van der Waals surface area contributed by atoms with Crippen molar-refractivity contribution in [2.24, 2.45) is 12.0 Å². The Labute approximate surface area is 177 Å². The average molecular weight is 488 g/mol. The lowest BCUT2D eigenvalue weighted by Crippen LogP contribution is -2.48. The SMILES string of the molecule is CCNC(=NCCn1cnnc1CC)N1CCOC(c2cnn(C)c2)C1.I. The monoisotopic (exact) mass is 488 g/mol. The number of morpholine rings is 1. The number of aliphatic imine (C=N–C) groups is 1. The summed E-state index contributed by atoms with van der Waals surface area (Å²) in [5.41, 5.74) is 1.10. The van der Waals surface area contributed by atoms with Crippen LogP contribution in [0.4, 0.5) is 0 Å². The Kier molecular flexibility index (Phi) is 8.48. The summed E-state index contributed by atoms with van der Waals surface area (Å²) < 4.78 is 9.80. The van der Waals surface area contributed by atoms with Gasteiger partial charge in [0.05, 0.1) is 25.9 Å². The van der Waals surface area contributed by atoms with Crippen LogP contribution in [0.2, 0.25) is 0 Å². The predicted octanol–water partition coefficient (Wildman–Crippen LogP) is 1.23. The van der Waals surface area contributed by atoms with Crippen LogP contribution in [0.3, 0.4) is 0 Å². The molecule has 0 spiro atoms. The summed E-state index contributed by atoms with van der Waals surface area (Å²) in [6.45, 7) is 8.74. The third kappa shape index (κ3) is 5.64. The summed E-state index contributed by atoms with van der Waals surface area (Å²) in [5, 5.41) is 15.7. The smallest absolute Gasteiger partial charge is 0.194 e. The van der Waals surface area contributed by atoms with Crippen LogP contribution in [-0.4, -0.2) is 68.2 Å². The number of nitrogens with zero attached hydrogens (tertiary/aromatic N) is 7. The Morgan fingerprint density at radius 3 is 2.96 bits per heavy atom. The van der Waals surface area contributed by atoms with E-state index < -0.39 is 0 Å². The molecule has 1 fully saturated rings. The number of hydrogen-bond donors (Lipinski definition) is 1. The van der Waals surface area contributed by atoms with Gasteiger partial charge in [0, 0.05) is 44.9 Å². The zero-order chi connectivity index (χ0) is 18.4. The first-order valence-electron chi connectivity index (χ1n) is 9.21. The van der Waals surface area contributed by atoms with E-state index in [-0.39, 0.29) is 30.1 Å². The van der Waals surface area contributed by atoms with E-state index in [1.165, 1.54) is 0 Å². The maximum Gasteiger partial charge on any atom is 0.194 e. The number of ether oxygens (including phenoxy) is 1. The second-order valence-electron chi connectivity index (χ2n) is 6.28. The molecule has 1 atom stereocenters. The molecule has 27 heavy (non-hydrogen) atoms. The van der Waals surface area contributed by atoms with Crippen LogP contribution in [-0.2, 0) is 24.8 Å². The highest BCUT2D eigenvalue weighted by Gasteiger charge is 2.25. The van der Waals surface area contributed by atoms with Crippen LogP contribution < -0.4 is 5.32 Å². The fraction of sp³-hybridized carbons (Fsp3) is 0.647. The highest BCUT2D eigenvalue weighted by Crippen LogP contribution is 2.21. The van der Waals surface area contributed by atoms with Crippen LogP contribution in [0.25, 0.3) is 0 Å². The van der Waals surface area contributed by atoms with Gasteiger partial charge in [0.2, 0.25) is 0 Å². The van der Waals surface area contributed by atoms with Gasteiger partial charge in [-0.25, -0.2) is 0 Å². The number of hydrogen-bond acceptors (Lipinski definition) is 5. The molecule has 1 saturated heterocycles. The fourth-order valence-electron chi connectivity index (χ4n) is 3.08. The number of aryl methyl sites for hydroxylation is 2. The van der Waals surface area contributed by atoms with E-state index in [0.29, 0.717) is 13.2 Å². The molecule has 1 aliphatic rings. The molecule has 3 rings (SSSR count). The molecule has 150 valence electrons. The highest BCUT2D eigenvalue weighted by atomic mass is 127. The largest absolute Gasteiger partial charge is 0.370 e. The summed E-state index contributed by atoms with van der Waals surface area (Å²) in [7, 11) is 1.92. The van der Waals surface area contributed by atoms with Crippen molar-refractivity contribution in [1.82, 2.24) is 34.8 Å². The summed E-state index contributed by atoms with van der Waals surface area (Å²) in [6.07, 6.45) is 6.55. The zero-order valence-electron chi connectivity index (χ0n) is 16.2. The molecule has 9 nitrogen and oxygen atoms in total. The molecule has 0 saturated carbocycles. The lowest BCUT2D eigenvalue weighted by molar-refractivity contribution is -0.00804. The summed E-state index contributed by atoms with van der Waals surface area (Å²) in [4.78, 5) is 7.06. The van der Waals surface area contributed by atoms with Gasteiger partial charge >= 0.3 is 0 Å². The van der Waals surface area contributed by atoms with E-state index in [2.05, 4.69) is 43.9 Å². The molecular weight excluding hydrogens is 459 g/mol. The topological polar surface area (TPSA) is 85.4 Å². The van der Waals surface area contributed by atoms with E-state index in [1.54, 1.807) is 11.0 Å². The van der Waals surface area contributed by atoms with Crippen molar-refractivity contribution in [3.05, 3.63) is 30.1 Å². The molecule has 2 aromatic rings. The maximum absolute atomic E-state index is 5.93. The molecule has 1 aliphatic heterocycles. The molecule has 1 N–H and O–H groups in total. The van der Waals surface area contributed by atoms with E-state index in [0.717, 1.165) is 49.9 Å². The maximum atomic E-state index is 5.93. The Hall–Kier alpha value is -1.69. The quantitative estimate of drug-likeness (QED) is 0.374. The molecule has 0 aromatic carbocycles. The molecule has 10 heteroatoms. The Morgan fingerprint density at radius 1 is 1.41 bits per heavy atom. The molecular formula is C17H29IN8O. The minimum absolute atomic E-state index is 0. The Balaban J connectivity index is 0.00000261. The van der Waals surface area contributed by atoms with Gasteiger partial charge in [0.1, 0.15) is 18.3 Å². The third-order valence-corrected chi connectivity index (χ3v) is 4.41. The molecule has 0 amide bonds. The number of guanidine groups is 1. The molecule has 3 heterocycles. The zero-order valence-corrected chi connectivity index (χ0v) is 18.5. The van der Waals surface area contributed by atoms with Crippen LogP contribution in [0, 0.1) is 0 Å². The van der Waals surface area contributed by atoms with Crippen molar-refractivity contribution in [3.63, 3.8) is 0 Å². The molecule has 0 bridgehead atoms. The first-order chi connectivity index (χ1) is 12.7. The van der Waals surface area contributed by atoms with E-state index >= 15 is 0 Å². The van der Waals surface area contributed by atoms with Gasteiger partial charge in [-0.15, -0.1) is 34.2 Å². The van der Waals surface area contributed by atoms with Crippen molar-refractivity contribution < 1.29 is 4.74 Å². The van der Waals surface area contributed by atoms with Gasteiger partial charge in [-0.1, -0.05) is 6.92 Å². The second-order valence-corrected chi connectivity index (χ2v) is 6.28. The second kappa shape index (κ2) is 10.6. The number of nitrogens with one attached hydrogen (secondary N) is 1. The molecule has 2 aromatic heterocycles. The van der Waals surface area contributed by atoms with Crippen molar-refractivity contribution in [2.75, 3.05) is 32.8 Å². The van der Waals surface area contributed by atoms with Crippen LogP contribution >= 0.6 is 24.0 Å². The summed E-state index contributed by atoms with van der Waals surface area (Å²) in [5.74, 6) is 1.92. The van der Waals surface area contributed by atoms with Gasteiger partial charge in [0.25, 0.3) is 0 Å². The van der Waals surface area contributed by atoms with Crippen LogP contribution in [0.5, 0.6) is 0 Å². The van der Waals surface area contributed by atoms with E-state index in [9.17, 15) is 0 Å². The first-order valence-corrected chi connectivity index (χ1v) is 9.21. The molecule has 0 aliphatic carbocycles. The van der Waals surface area contributed by atoms with Crippen LogP contribution in [0.1, 0.15) is 31.3 Å². The number of halogens is 1. The minimum Gasteiger partial charge on any atom is -0.370 e. The van der Waals surface area contributed by atoms with Gasteiger partial charge < -0.3 is 19.5 Å². The minimum atomic E-state index is 0. The van der Waals surface area contributed by atoms with Crippen molar-refractivity contribution in [3.8, 4) is 0 Å². The molecule has 1 unspecified atom stereocenters. The summed E-state index contributed by atoms with van der Waals surface area (Å²) in [6, 6.07) is 0. The third-order valence-electron chi connectivity index (χ3n) is 4.41. The van der Waals surface area contributed by atoms with E-state index in [1.807, 2.05) is 19.4 Å². The predicted molar refractivity (Wildman–Crippen MR) is 114 cm³/mol. The lowest BCUT2D eigenvalue weighted by atomic mass is 10.1. The van der Waals surface area contributed by atoms with Gasteiger partial charge in [-0.2, -0.15) is 5.10 Å². The van der Waals surface area contributed by atoms with Crippen molar-refractivity contribution in [1.29, 1.82) is 0 Å². The number of aromatic nitrogens is 5.